The molecule has 5 heteroatoms. The minimum atomic E-state index is -0.872. The minimum absolute atomic E-state index is 0.544. The van der Waals surface area contributed by atoms with E-state index in [1.165, 1.54) is 11.1 Å². The van der Waals surface area contributed by atoms with E-state index in [0.29, 0.717) is 40.7 Å². The smallest absolute Gasteiger partial charge is 0.140 e. The van der Waals surface area contributed by atoms with Gasteiger partial charge >= 0.3 is 0 Å². The highest BCUT2D eigenvalue weighted by molar-refractivity contribution is 5.75. The van der Waals surface area contributed by atoms with E-state index in [1.54, 1.807) is 21.3 Å². The van der Waals surface area contributed by atoms with Gasteiger partial charge in [0, 0.05) is 11.6 Å². The van der Waals surface area contributed by atoms with Gasteiger partial charge < -0.3 is 24.1 Å². The summed E-state index contributed by atoms with van der Waals surface area (Å²) in [5, 5.41) is 11.6. The third-order valence-corrected chi connectivity index (χ3v) is 5.99. The maximum atomic E-state index is 11.6. The minimum Gasteiger partial charge on any atom is -0.497 e. The maximum Gasteiger partial charge on any atom is 0.140 e. The first-order chi connectivity index (χ1) is 16.3. The molecule has 0 bridgehead atoms. The topological polar surface area (TPSA) is 57.2 Å². The third-order valence-electron chi connectivity index (χ3n) is 5.99. The molecule has 1 aliphatic rings. The van der Waals surface area contributed by atoms with Crippen LogP contribution in [0, 0.1) is 6.92 Å². The van der Waals surface area contributed by atoms with E-state index in [2.05, 4.69) is 32.9 Å². The highest BCUT2D eigenvalue weighted by atomic mass is 16.5. The lowest BCUT2D eigenvalue weighted by atomic mass is 9.90. The Balaban J connectivity index is 2.10. The molecule has 0 fully saturated rings. The number of rotatable bonds is 9. The molecule has 2 aromatic rings. The Morgan fingerprint density at radius 3 is 2.35 bits per heavy atom. The molecule has 3 rings (SSSR count). The second-order valence-electron chi connectivity index (χ2n) is 8.88. The van der Waals surface area contributed by atoms with Crippen molar-refractivity contribution in [2.24, 2.45) is 0 Å². The van der Waals surface area contributed by atoms with Crippen LogP contribution in [0.5, 0.6) is 23.0 Å². The summed E-state index contributed by atoms with van der Waals surface area (Å²) in [6.07, 6.45) is 6.05. The molecule has 0 spiro atoms. The van der Waals surface area contributed by atoms with Crippen molar-refractivity contribution in [3.8, 4) is 23.0 Å². The van der Waals surface area contributed by atoms with Gasteiger partial charge in [-0.05, 0) is 76.8 Å². The Bertz CT molecular complexity index is 1120. The van der Waals surface area contributed by atoms with Crippen molar-refractivity contribution in [3.63, 3.8) is 0 Å². The van der Waals surface area contributed by atoms with E-state index in [4.69, 9.17) is 18.9 Å². The first-order valence-corrected chi connectivity index (χ1v) is 11.6. The zero-order valence-corrected chi connectivity index (χ0v) is 21.3. The van der Waals surface area contributed by atoms with E-state index in [9.17, 15) is 5.11 Å². The molecule has 2 aromatic carbocycles. The Morgan fingerprint density at radius 1 is 0.971 bits per heavy atom. The molecule has 0 aromatic heterocycles. The molecule has 0 saturated carbocycles. The summed E-state index contributed by atoms with van der Waals surface area (Å²) in [7, 11) is 4.85. The van der Waals surface area contributed by atoms with Crippen LogP contribution in [0.1, 0.15) is 62.8 Å². The lowest BCUT2D eigenvalue weighted by molar-refractivity contribution is 0.194. The largest absolute Gasteiger partial charge is 0.497 e. The lowest BCUT2D eigenvalue weighted by Crippen LogP contribution is -2.17. The molecule has 1 atom stereocenters. The number of aryl methyl sites for hydroxylation is 1. The summed E-state index contributed by atoms with van der Waals surface area (Å²) in [6, 6.07) is 9.44. The van der Waals surface area contributed by atoms with E-state index < -0.39 is 6.10 Å². The maximum absolute atomic E-state index is 11.6. The number of allylic oxidation sites excluding steroid dienone is 4. The number of aliphatic hydroxyl groups is 1. The standard InChI is InChI=1S/C29H36O5/c1-18(2)9-8-10-19(3)11-13-23-28(30)27-25(33-7)15-20(4)16-26(27)34-29(23)22-14-12-21(31-5)17-24(22)32-6/h9,11-12,14-17,28,30H,8,10,13H2,1-7H3/b19-11+. The highest BCUT2D eigenvalue weighted by Crippen LogP contribution is 2.48. The number of methoxy groups -OCH3 is 3. The summed E-state index contributed by atoms with van der Waals surface area (Å²) < 4.78 is 23.1. The Morgan fingerprint density at radius 2 is 1.71 bits per heavy atom. The van der Waals surface area contributed by atoms with Crippen molar-refractivity contribution < 1.29 is 24.1 Å². The Kier molecular flexibility index (Phi) is 8.46. The van der Waals surface area contributed by atoms with Crippen molar-refractivity contribution in [2.75, 3.05) is 21.3 Å². The van der Waals surface area contributed by atoms with Crippen molar-refractivity contribution in [1.29, 1.82) is 0 Å². The third kappa shape index (κ3) is 5.65. The first-order valence-electron chi connectivity index (χ1n) is 11.6. The molecule has 0 radical (unpaired) electrons. The quantitative estimate of drug-likeness (QED) is 0.407. The Hall–Kier alpha value is -3.18. The summed E-state index contributed by atoms with van der Waals surface area (Å²) in [5.41, 5.74) is 5.75. The second kappa shape index (κ2) is 11.3. The monoisotopic (exact) mass is 464 g/mol. The highest BCUT2D eigenvalue weighted by Gasteiger charge is 2.33. The average Bonchev–Trinajstić information content (AvgIpc) is 2.81. The second-order valence-corrected chi connectivity index (χ2v) is 8.88. The van der Waals surface area contributed by atoms with Crippen molar-refractivity contribution in [2.45, 2.75) is 53.1 Å². The number of aliphatic hydroxyl groups excluding tert-OH is 1. The number of fused-ring (bicyclic) bond motifs is 1. The van der Waals surface area contributed by atoms with Gasteiger partial charge in [0.05, 0.1) is 32.5 Å². The van der Waals surface area contributed by atoms with Gasteiger partial charge in [-0.15, -0.1) is 0 Å². The van der Waals surface area contributed by atoms with E-state index in [1.807, 2.05) is 37.3 Å². The molecule has 1 aliphatic heterocycles. The number of ether oxygens (including phenoxy) is 4. The van der Waals surface area contributed by atoms with Gasteiger partial charge in [0.15, 0.2) is 0 Å². The van der Waals surface area contributed by atoms with Gasteiger partial charge in [0.1, 0.15) is 34.9 Å². The summed E-state index contributed by atoms with van der Waals surface area (Å²) >= 11 is 0. The van der Waals surface area contributed by atoms with Crippen LogP contribution in [0.2, 0.25) is 0 Å². The van der Waals surface area contributed by atoms with Crippen molar-refractivity contribution >= 4 is 5.76 Å². The predicted octanol–water partition coefficient (Wildman–Crippen LogP) is 6.94. The zero-order valence-electron chi connectivity index (χ0n) is 21.3. The van der Waals surface area contributed by atoms with E-state index >= 15 is 0 Å². The SMILES string of the molecule is COc1ccc(C2=C(C/C=C(\C)CCC=C(C)C)C(O)c3c(OC)cc(C)cc3O2)c(OC)c1. The van der Waals surface area contributed by atoms with Crippen LogP contribution in [0.15, 0.2) is 59.2 Å². The van der Waals surface area contributed by atoms with Crippen molar-refractivity contribution in [3.05, 3.63) is 75.9 Å². The molecule has 1 N–H and O–H groups in total. The first kappa shape index (κ1) is 25.4. The molecule has 0 aliphatic carbocycles. The van der Waals surface area contributed by atoms with Crippen LogP contribution >= 0.6 is 0 Å². The van der Waals surface area contributed by atoms with Crippen LogP contribution in [0.4, 0.5) is 0 Å². The van der Waals surface area contributed by atoms with E-state index in [-0.39, 0.29) is 0 Å². The predicted molar refractivity (Wildman–Crippen MR) is 137 cm³/mol. The zero-order chi connectivity index (χ0) is 24.8. The van der Waals surface area contributed by atoms with Gasteiger partial charge in [-0.25, -0.2) is 0 Å². The van der Waals surface area contributed by atoms with Crippen LogP contribution in [-0.4, -0.2) is 26.4 Å². The van der Waals surface area contributed by atoms with Crippen LogP contribution < -0.4 is 18.9 Å². The van der Waals surface area contributed by atoms with Gasteiger partial charge in [-0.3, -0.25) is 0 Å². The summed E-state index contributed by atoms with van der Waals surface area (Å²) in [5.74, 6) is 3.11. The fraction of sp³-hybridized carbons (Fsp3) is 0.379. The van der Waals surface area contributed by atoms with Gasteiger partial charge in [-0.1, -0.05) is 23.3 Å². The summed E-state index contributed by atoms with van der Waals surface area (Å²) in [6.45, 7) is 8.33. The number of benzene rings is 2. The van der Waals surface area contributed by atoms with Gasteiger partial charge in [0.25, 0.3) is 0 Å². The molecule has 1 unspecified atom stereocenters. The van der Waals surface area contributed by atoms with E-state index in [0.717, 1.165) is 29.5 Å². The average molecular weight is 465 g/mol. The molecule has 1 heterocycles. The normalized spacial score (nSPS) is 15.4. The van der Waals surface area contributed by atoms with Crippen LogP contribution in [0.25, 0.3) is 5.76 Å². The fourth-order valence-electron chi connectivity index (χ4n) is 4.12. The van der Waals surface area contributed by atoms with Crippen LogP contribution in [0.3, 0.4) is 0 Å². The summed E-state index contributed by atoms with van der Waals surface area (Å²) in [4.78, 5) is 0. The lowest BCUT2D eigenvalue weighted by Gasteiger charge is -2.30. The molecule has 0 saturated heterocycles. The molecule has 34 heavy (non-hydrogen) atoms. The van der Waals surface area contributed by atoms with Crippen molar-refractivity contribution in [1.82, 2.24) is 0 Å². The fourth-order valence-corrected chi connectivity index (χ4v) is 4.12. The number of hydrogen-bond donors (Lipinski definition) is 1. The molecule has 5 nitrogen and oxygen atoms in total. The molecule has 182 valence electrons. The molecular formula is C29H36O5. The molecule has 0 amide bonds. The molecular weight excluding hydrogens is 428 g/mol. The number of hydrogen-bond acceptors (Lipinski definition) is 5. The van der Waals surface area contributed by atoms with Gasteiger partial charge in [-0.2, -0.15) is 0 Å². The Labute approximate surface area is 203 Å². The van der Waals surface area contributed by atoms with Gasteiger partial charge in [0.2, 0.25) is 0 Å². The van der Waals surface area contributed by atoms with Crippen LogP contribution in [-0.2, 0) is 0 Å².